The van der Waals surface area contributed by atoms with Crippen LogP contribution in [-0.4, -0.2) is 37.1 Å². The number of nitrogens with two attached hydrogens (primary N) is 1. The number of nitriles is 1. The first-order chi connectivity index (χ1) is 13.9. The number of benzene rings is 2. The number of aliphatic imine (C=N–C) groups is 1. The third kappa shape index (κ3) is 3.56. The van der Waals surface area contributed by atoms with E-state index in [-0.39, 0.29) is 18.3 Å². The number of carbonyl (C=O) groups excluding carboxylic acids is 3. The molecule has 2 aromatic carbocycles. The lowest BCUT2D eigenvalue weighted by Gasteiger charge is -2.27. The number of nitrogens with one attached hydrogen (secondary N) is 3. The Morgan fingerprint density at radius 1 is 1.10 bits per heavy atom. The third-order valence-corrected chi connectivity index (χ3v) is 4.60. The fourth-order valence-electron chi connectivity index (χ4n) is 3.09. The molecule has 0 saturated carbocycles. The van der Waals surface area contributed by atoms with Crippen LogP contribution in [0.15, 0.2) is 53.5 Å². The first-order valence-electron chi connectivity index (χ1n) is 8.66. The fraction of sp³-hybridized carbons (Fsp3) is 0.150. The van der Waals surface area contributed by atoms with Crippen LogP contribution < -0.4 is 21.7 Å². The lowest BCUT2D eigenvalue weighted by molar-refractivity contribution is -0.123. The Morgan fingerprint density at radius 2 is 1.76 bits per heavy atom. The summed E-state index contributed by atoms with van der Waals surface area (Å²) in [5.74, 6) is -1.61. The molecule has 1 unspecified atom stereocenters. The van der Waals surface area contributed by atoms with Crippen molar-refractivity contribution in [3.8, 4) is 6.07 Å². The van der Waals surface area contributed by atoms with Gasteiger partial charge in [-0.2, -0.15) is 5.26 Å². The number of anilines is 1. The molecule has 9 nitrogen and oxygen atoms in total. The maximum Gasteiger partial charge on any atom is 0.267 e. The number of primary amides is 1. The van der Waals surface area contributed by atoms with Gasteiger partial charge in [0.2, 0.25) is 5.91 Å². The van der Waals surface area contributed by atoms with Gasteiger partial charge in [-0.15, -0.1) is 0 Å². The second kappa shape index (κ2) is 7.92. The second-order valence-electron chi connectivity index (χ2n) is 6.26. The Labute approximate surface area is 166 Å². The molecule has 0 radical (unpaired) electrons. The van der Waals surface area contributed by atoms with Gasteiger partial charge in [-0.05, 0) is 42.0 Å². The molecule has 5 N–H and O–H groups in total. The number of carbonyl (C=O) groups is 3. The van der Waals surface area contributed by atoms with Crippen LogP contribution in [0.3, 0.4) is 0 Å². The average Bonchev–Trinajstić information content (AvgIpc) is 3.20. The van der Waals surface area contributed by atoms with E-state index >= 15 is 0 Å². The quantitative estimate of drug-likeness (QED) is 0.577. The minimum absolute atomic E-state index is 0.0122. The van der Waals surface area contributed by atoms with Gasteiger partial charge in [0, 0.05) is 18.3 Å². The van der Waals surface area contributed by atoms with E-state index in [0.29, 0.717) is 22.4 Å². The first kappa shape index (κ1) is 19.7. The van der Waals surface area contributed by atoms with Crippen molar-refractivity contribution < 1.29 is 14.4 Å². The van der Waals surface area contributed by atoms with Crippen LogP contribution in [0.2, 0.25) is 0 Å². The van der Waals surface area contributed by atoms with Crippen molar-refractivity contribution in [2.45, 2.75) is 5.54 Å². The van der Waals surface area contributed by atoms with Crippen LogP contribution in [0.5, 0.6) is 0 Å². The molecule has 1 aliphatic heterocycles. The van der Waals surface area contributed by atoms with Crippen LogP contribution >= 0.6 is 0 Å². The Morgan fingerprint density at radius 3 is 2.31 bits per heavy atom. The Hall–Kier alpha value is -4.03. The molecule has 1 aliphatic rings. The standard InChI is InChI=1S/C20H18N6O3/c1-23-18(28)16-20(19(22)29,25-11-24-16)14-6-8-15(9-7-14)26-17(27)13-4-2-12(10-21)3-5-13/h2-9,25H,11H2,1H3,(H2,22,29)(H,23,28)(H,26,27). The van der Waals surface area contributed by atoms with Crippen LogP contribution in [-0.2, 0) is 15.1 Å². The Kier molecular flexibility index (Phi) is 5.38. The predicted octanol–water partition coefficient (Wildman–Crippen LogP) is 0.239. The largest absolute Gasteiger partial charge is 0.367 e. The predicted molar refractivity (Wildman–Crippen MR) is 106 cm³/mol. The molecule has 0 aliphatic carbocycles. The number of hydrogen-bond acceptors (Lipinski definition) is 6. The zero-order chi connectivity index (χ0) is 21.0. The molecular weight excluding hydrogens is 372 g/mol. The number of rotatable bonds is 5. The first-order valence-corrected chi connectivity index (χ1v) is 8.66. The summed E-state index contributed by atoms with van der Waals surface area (Å²) >= 11 is 0. The van der Waals surface area contributed by atoms with E-state index in [4.69, 9.17) is 11.0 Å². The Balaban J connectivity index is 1.84. The van der Waals surface area contributed by atoms with Crippen LogP contribution in [0.25, 0.3) is 0 Å². The monoisotopic (exact) mass is 390 g/mol. The normalized spacial score (nSPS) is 17.7. The molecule has 3 amide bonds. The molecular formula is C20H18N6O3. The van der Waals surface area contributed by atoms with Gasteiger partial charge >= 0.3 is 0 Å². The molecule has 3 rings (SSSR count). The van der Waals surface area contributed by atoms with Crippen molar-refractivity contribution in [1.82, 2.24) is 10.6 Å². The van der Waals surface area contributed by atoms with Crippen molar-refractivity contribution in [1.29, 1.82) is 5.26 Å². The van der Waals surface area contributed by atoms with E-state index in [9.17, 15) is 14.4 Å². The van der Waals surface area contributed by atoms with Gasteiger partial charge in [0.1, 0.15) is 5.71 Å². The van der Waals surface area contributed by atoms with E-state index in [2.05, 4.69) is 20.9 Å². The SMILES string of the molecule is CNC(=O)C1=NCNC1(C(N)=O)c1ccc(NC(=O)c2ccc(C#N)cc2)cc1. The van der Waals surface area contributed by atoms with Gasteiger partial charge in [-0.25, -0.2) is 0 Å². The summed E-state index contributed by atoms with van der Waals surface area (Å²) < 4.78 is 0. The summed E-state index contributed by atoms with van der Waals surface area (Å²) in [6.07, 6.45) is 0. The molecule has 1 heterocycles. The van der Waals surface area contributed by atoms with E-state index in [1.165, 1.54) is 7.05 Å². The number of amides is 3. The summed E-state index contributed by atoms with van der Waals surface area (Å²) in [6.45, 7) is 0.0723. The summed E-state index contributed by atoms with van der Waals surface area (Å²) in [6, 6.07) is 14.6. The van der Waals surface area contributed by atoms with Crippen molar-refractivity contribution >= 4 is 29.1 Å². The van der Waals surface area contributed by atoms with Crippen molar-refractivity contribution in [2.75, 3.05) is 19.0 Å². The van der Waals surface area contributed by atoms with Gasteiger partial charge in [-0.3, -0.25) is 24.7 Å². The van der Waals surface area contributed by atoms with Crippen molar-refractivity contribution in [3.63, 3.8) is 0 Å². The molecule has 0 spiro atoms. The average molecular weight is 390 g/mol. The fourth-order valence-corrected chi connectivity index (χ4v) is 3.09. The lowest BCUT2D eigenvalue weighted by atomic mass is 9.84. The molecule has 9 heteroatoms. The zero-order valence-corrected chi connectivity index (χ0v) is 15.5. The molecule has 29 heavy (non-hydrogen) atoms. The Bertz CT molecular complexity index is 1040. The van der Waals surface area contributed by atoms with Gasteiger partial charge < -0.3 is 16.4 Å². The van der Waals surface area contributed by atoms with Gasteiger partial charge in [0.15, 0.2) is 5.54 Å². The van der Waals surface area contributed by atoms with Crippen LogP contribution in [0.4, 0.5) is 5.69 Å². The molecule has 146 valence electrons. The summed E-state index contributed by atoms with van der Waals surface area (Å²) in [4.78, 5) is 40.9. The highest BCUT2D eigenvalue weighted by molar-refractivity contribution is 6.47. The highest BCUT2D eigenvalue weighted by atomic mass is 16.2. The maximum atomic E-state index is 12.4. The molecule has 2 aromatic rings. The number of nitrogens with zero attached hydrogens (tertiary/aromatic N) is 2. The molecule has 1 atom stereocenters. The third-order valence-electron chi connectivity index (χ3n) is 4.60. The second-order valence-corrected chi connectivity index (χ2v) is 6.26. The summed E-state index contributed by atoms with van der Waals surface area (Å²) in [5, 5.41) is 16.9. The van der Waals surface area contributed by atoms with Crippen LogP contribution in [0.1, 0.15) is 21.5 Å². The molecule has 0 bridgehead atoms. The highest BCUT2D eigenvalue weighted by Gasteiger charge is 2.49. The maximum absolute atomic E-state index is 12.4. The topological polar surface area (TPSA) is 149 Å². The number of hydrogen-bond donors (Lipinski definition) is 4. The van der Waals surface area contributed by atoms with Crippen molar-refractivity contribution in [2.24, 2.45) is 10.7 Å². The summed E-state index contributed by atoms with van der Waals surface area (Å²) in [5.41, 5.74) is 5.83. The minimum Gasteiger partial charge on any atom is -0.367 e. The van der Waals surface area contributed by atoms with Gasteiger partial charge in [-0.1, -0.05) is 12.1 Å². The van der Waals surface area contributed by atoms with Crippen LogP contribution in [0, 0.1) is 11.3 Å². The van der Waals surface area contributed by atoms with Gasteiger partial charge in [0.25, 0.3) is 11.8 Å². The summed E-state index contributed by atoms with van der Waals surface area (Å²) in [7, 11) is 1.44. The smallest absolute Gasteiger partial charge is 0.267 e. The molecule has 0 fully saturated rings. The van der Waals surface area contributed by atoms with E-state index < -0.39 is 17.4 Å². The molecule has 0 aromatic heterocycles. The van der Waals surface area contributed by atoms with E-state index in [1.807, 2.05) is 6.07 Å². The van der Waals surface area contributed by atoms with E-state index in [0.717, 1.165) is 0 Å². The highest BCUT2D eigenvalue weighted by Crippen LogP contribution is 2.28. The van der Waals surface area contributed by atoms with E-state index in [1.54, 1.807) is 48.5 Å². The zero-order valence-electron chi connectivity index (χ0n) is 15.5. The van der Waals surface area contributed by atoms with Crippen molar-refractivity contribution in [3.05, 3.63) is 65.2 Å². The van der Waals surface area contributed by atoms with Gasteiger partial charge in [0.05, 0.1) is 18.3 Å². The minimum atomic E-state index is -1.55. The lowest BCUT2D eigenvalue weighted by Crippen LogP contribution is -2.58. The molecule has 0 saturated heterocycles.